The summed E-state index contributed by atoms with van der Waals surface area (Å²) in [6.07, 6.45) is 2.34. The molecule has 1 heterocycles. The summed E-state index contributed by atoms with van der Waals surface area (Å²) in [6.45, 7) is 8.82. The number of aliphatic imine (C=N–C) groups is 1. The van der Waals surface area contributed by atoms with E-state index in [1.165, 1.54) is 12.2 Å². The Morgan fingerprint density at radius 1 is 1.62 bits per heavy atom. The quantitative estimate of drug-likeness (QED) is 0.741. The van der Waals surface area contributed by atoms with Gasteiger partial charge in [0.25, 0.3) is 0 Å². The van der Waals surface area contributed by atoms with Gasteiger partial charge in [-0.1, -0.05) is 18.7 Å². The second kappa shape index (κ2) is 4.36. The molecule has 13 heavy (non-hydrogen) atoms. The molecule has 1 rings (SSSR count). The number of nitrogens with zero attached hydrogens (tertiary/aromatic N) is 1. The van der Waals surface area contributed by atoms with E-state index in [0.29, 0.717) is 6.04 Å². The highest BCUT2D eigenvalue weighted by atomic mass is 32.2. The molecule has 1 aliphatic heterocycles. The van der Waals surface area contributed by atoms with Gasteiger partial charge in [-0.25, -0.2) is 0 Å². The maximum absolute atomic E-state index is 4.58. The summed E-state index contributed by atoms with van der Waals surface area (Å²) < 4.78 is 0. The monoisotopic (exact) mass is 200 g/mol. The van der Waals surface area contributed by atoms with E-state index < -0.39 is 0 Å². The second-order valence-corrected chi connectivity index (χ2v) is 5.37. The first-order valence-corrected chi connectivity index (χ1v) is 6.01. The zero-order valence-electron chi connectivity index (χ0n) is 9.05. The smallest absolute Gasteiger partial charge is 0.157 e. The Morgan fingerprint density at radius 3 is 2.85 bits per heavy atom. The van der Waals surface area contributed by atoms with E-state index in [1.807, 2.05) is 11.8 Å². The van der Waals surface area contributed by atoms with Crippen molar-refractivity contribution in [2.75, 3.05) is 5.75 Å². The molecule has 1 unspecified atom stereocenters. The van der Waals surface area contributed by atoms with Crippen molar-refractivity contribution in [3.8, 4) is 0 Å². The van der Waals surface area contributed by atoms with Crippen LogP contribution in [0.15, 0.2) is 4.99 Å². The van der Waals surface area contributed by atoms with Crippen LogP contribution in [-0.4, -0.2) is 22.5 Å². The lowest BCUT2D eigenvalue weighted by molar-refractivity contribution is 0.446. The highest BCUT2D eigenvalue weighted by molar-refractivity contribution is 8.13. The van der Waals surface area contributed by atoms with E-state index in [1.54, 1.807) is 0 Å². The fourth-order valence-electron chi connectivity index (χ4n) is 1.07. The lowest BCUT2D eigenvalue weighted by Gasteiger charge is -2.28. The third-order valence-corrected chi connectivity index (χ3v) is 3.36. The van der Waals surface area contributed by atoms with Gasteiger partial charge in [0, 0.05) is 11.3 Å². The van der Waals surface area contributed by atoms with Crippen molar-refractivity contribution in [1.82, 2.24) is 5.32 Å². The van der Waals surface area contributed by atoms with Gasteiger partial charge in [0.1, 0.15) is 0 Å². The second-order valence-electron chi connectivity index (χ2n) is 4.28. The molecule has 3 heteroatoms. The van der Waals surface area contributed by atoms with Crippen LogP contribution in [0, 0.1) is 0 Å². The zero-order chi connectivity index (χ0) is 9.90. The fraction of sp³-hybridized carbons (Fsp3) is 0.900. The Morgan fingerprint density at radius 2 is 2.31 bits per heavy atom. The first kappa shape index (κ1) is 10.9. The molecule has 0 spiro atoms. The summed E-state index contributed by atoms with van der Waals surface area (Å²) in [4.78, 5) is 4.58. The van der Waals surface area contributed by atoms with Crippen LogP contribution in [-0.2, 0) is 0 Å². The lowest BCUT2D eigenvalue weighted by Crippen LogP contribution is -2.42. The Bertz CT molecular complexity index is 199. The van der Waals surface area contributed by atoms with Gasteiger partial charge in [0.2, 0.25) is 0 Å². The third-order valence-electron chi connectivity index (χ3n) is 2.44. The Labute approximate surface area is 85.6 Å². The molecule has 1 aliphatic rings. The number of hydrogen-bond acceptors (Lipinski definition) is 3. The number of hydrogen-bond donors (Lipinski definition) is 1. The summed E-state index contributed by atoms with van der Waals surface area (Å²) in [7, 11) is 0. The van der Waals surface area contributed by atoms with Crippen molar-refractivity contribution >= 4 is 16.9 Å². The van der Waals surface area contributed by atoms with Crippen molar-refractivity contribution in [2.45, 2.75) is 52.1 Å². The average molecular weight is 200 g/mol. The van der Waals surface area contributed by atoms with Crippen LogP contribution in [0.4, 0.5) is 0 Å². The molecule has 0 saturated carbocycles. The van der Waals surface area contributed by atoms with Crippen LogP contribution in [0.25, 0.3) is 0 Å². The van der Waals surface area contributed by atoms with E-state index in [9.17, 15) is 0 Å². The number of thioether (sulfide) groups is 1. The molecule has 1 N–H and O–H groups in total. The zero-order valence-corrected chi connectivity index (χ0v) is 9.87. The van der Waals surface area contributed by atoms with E-state index in [2.05, 4.69) is 38.0 Å². The minimum absolute atomic E-state index is 0.183. The van der Waals surface area contributed by atoms with E-state index >= 15 is 0 Å². The van der Waals surface area contributed by atoms with Crippen molar-refractivity contribution in [3.63, 3.8) is 0 Å². The molecule has 0 aromatic rings. The predicted octanol–water partition coefficient (Wildman–Crippen LogP) is 2.65. The van der Waals surface area contributed by atoms with Crippen LogP contribution < -0.4 is 5.32 Å². The standard InChI is InChI=1S/C10H20N2S/c1-5-10(3,4)12-9-11-8(2)6-7-13-9/h8H,5-7H2,1-4H3,(H,11,12). The van der Waals surface area contributed by atoms with Gasteiger partial charge in [0.05, 0.1) is 6.04 Å². The maximum atomic E-state index is 4.58. The summed E-state index contributed by atoms with van der Waals surface area (Å²) in [5.41, 5.74) is 0.183. The van der Waals surface area contributed by atoms with Crippen LogP contribution in [0.5, 0.6) is 0 Å². The molecule has 76 valence electrons. The SMILES string of the molecule is CCC(C)(C)NC1=NC(C)CCS1. The van der Waals surface area contributed by atoms with Crippen molar-refractivity contribution in [2.24, 2.45) is 4.99 Å². The summed E-state index contributed by atoms with van der Waals surface area (Å²) in [6, 6.07) is 0.497. The first-order chi connectivity index (χ1) is 6.03. The molecule has 0 bridgehead atoms. The predicted molar refractivity (Wildman–Crippen MR) is 61.5 cm³/mol. The summed E-state index contributed by atoms with van der Waals surface area (Å²) in [5, 5.41) is 4.62. The number of rotatable bonds is 2. The Kier molecular flexibility index (Phi) is 3.65. The van der Waals surface area contributed by atoms with Gasteiger partial charge in [-0.2, -0.15) is 0 Å². The summed E-state index contributed by atoms with van der Waals surface area (Å²) >= 11 is 1.85. The van der Waals surface area contributed by atoms with E-state index in [-0.39, 0.29) is 5.54 Å². The average Bonchev–Trinajstić information content (AvgIpc) is 2.03. The Hall–Kier alpha value is -0.180. The highest BCUT2D eigenvalue weighted by Gasteiger charge is 2.19. The van der Waals surface area contributed by atoms with E-state index in [4.69, 9.17) is 0 Å². The molecule has 0 radical (unpaired) electrons. The molecular weight excluding hydrogens is 180 g/mol. The molecule has 0 saturated heterocycles. The normalized spacial score (nSPS) is 24.0. The molecule has 0 fully saturated rings. The molecule has 2 nitrogen and oxygen atoms in total. The van der Waals surface area contributed by atoms with Gasteiger partial charge in [0.15, 0.2) is 5.17 Å². The van der Waals surface area contributed by atoms with Crippen LogP contribution in [0.1, 0.15) is 40.5 Å². The van der Waals surface area contributed by atoms with Gasteiger partial charge in [-0.3, -0.25) is 4.99 Å². The minimum atomic E-state index is 0.183. The van der Waals surface area contributed by atoms with Gasteiger partial charge >= 0.3 is 0 Å². The van der Waals surface area contributed by atoms with Crippen molar-refractivity contribution in [1.29, 1.82) is 0 Å². The molecule has 0 aromatic heterocycles. The molecule has 0 aromatic carbocycles. The van der Waals surface area contributed by atoms with Crippen LogP contribution in [0.3, 0.4) is 0 Å². The van der Waals surface area contributed by atoms with Gasteiger partial charge < -0.3 is 5.32 Å². The largest absolute Gasteiger partial charge is 0.360 e. The first-order valence-electron chi connectivity index (χ1n) is 5.02. The van der Waals surface area contributed by atoms with Crippen molar-refractivity contribution in [3.05, 3.63) is 0 Å². The topological polar surface area (TPSA) is 24.4 Å². The van der Waals surface area contributed by atoms with Gasteiger partial charge in [-0.05, 0) is 33.6 Å². The number of amidine groups is 1. The van der Waals surface area contributed by atoms with Crippen molar-refractivity contribution < 1.29 is 0 Å². The van der Waals surface area contributed by atoms with Gasteiger partial charge in [-0.15, -0.1) is 0 Å². The molecule has 0 amide bonds. The molecule has 0 aliphatic carbocycles. The molecule has 1 atom stereocenters. The maximum Gasteiger partial charge on any atom is 0.157 e. The molecular formula is C10H20N2S. The van der Waals surface area contributed by atoms with E-state index in [0.717, 1.165) is 11.6 Å². The fourth-order valence-corrected chi connectivity index (χ4v) is 2.33. The highest BCUT2D eigenvalue weighted by Crippen LogP contribution is 2.18. The third kappa shape index (κ3) is 3.59. The Balaban J connectivity index is 2.53. The lowest BCUT2D eigenvalue weighted by atomic mass is 10.0. The van der Waals surface area contributed by atoms with Crippen LogP contribution >= 0.6 is 11.8 Å². The minimum Gasteiger partial charge on any atom is -0.360 e. The summed E-state index contributed by atoms with van der Waals surface area (Å²) in [5.74, 6) is 1.20. The van der Waals surface area contributed by atoms with Crippen LogP contribution in [0.2, 0.25) is 0 Å². The number of nitrogens with one attached hydrogen (secondary N) is 1.